The average molecular weight is 614 g/mol. The zero-order valence-electron chi connectivity index (χ0n) is 22.7. The third-order valence-corrected chi connectivity index (χ3v) is 6.51. The zero-order chi connectivity index (χ0) is 25.8. The highest BCUT2D eigenvalue weighted by molar-refractivity contribution is 14.0. The Hall–Kier alpha value is -2.20. The van der Waals surface area contributed by atoms with E-state index < -0.39 is 5.60 Å². The van der Waals surface area contributed by atoms with Crippen LogP contribution in [0.1, 0.15) is 56.3 Å². The van der Waals surface area contributed by atoms with Crippen LogP contribution in [0.4, 0.5) is 0 Å². The molecular weight excluding hydrogens is 573 g/mol. The number of fused-ring (bicyclic) bond motifs is 1. The second-order valence-electron chi connectivity index (χ2n) is 9.96. The van der Waals surface area contributed by atoms with Crippen molar-refractivity contribution in [2.75, 3.05) is 35.5 Å². The van der Waals surface area contributed by atoms with Crippen molar-refractivity contribution in [2.45, 2.75) is 64.1 Å². The number of halogens is 1. The van der Waals surface area contributed by atoms with Crippen molar-refractivity contribution >= 4 is 29.9 Å². The molecule has 1 heterocycles. The highest BCUT2D eigenvalue weighted by atomic mass is 127. The van der Waals surface area contributed by atoms with Crippen LogP contribution in [-0.2, 0) is 22.4 Å². The Kier molecular flexibility index (Phi) is 10.7. The summed E-state index contributed by atoms with van der Waals surface area (Å²) in [5.74, 6) is 2.67. The quantitative estimate of drug-likeness (QED) is 0.270. The van der Waals surface area contributed by atoms with Crippen LogP contribution < -0.4 is 18.9 Å². The summed E-state index contributed by atoms with van der Waals surface area (Å²) in [6, 6.07) is 10.5. The van der Waals surface area contributed by atoms with Crippen LogP contribution >= 0.6 is 24.0 Å². The molecule has 7 nitrogen and oxygen atoms in total. The Morgan fingerprint density at radius 2 is 1.50 bits per heavy atom. The fourth-order valence-electron chi connectivity index (χ4n) is 4.76. The van der Waals surface area contributed by atoms with Crippen LogP contribution in [-0.4, -0.2) is 58.0 Å². The lowest BCUT2D eigenvalue weighted by atomic mass is 9.84. The van der Waals surface area contributed by atoms with Gasteiger partial charge in [-0.2, -0.15) is 0 Å². The summed E-state index contributed by atoms with van der Waals surface area (Å²) < 4.78 is 27.7. The third kappa shape index (κ3) is 7.18. The number of hydrogen-bond acceptors (Lipinski definition) is 7. The molecule has 0 unspecified atom stereocenters. The fourth-order valence-corrected chi connectivity index (χ4v) is 4.76. The number of likely N-dealkylation sites (N-methyl/N-ethyl adjacent to an activating group) is 1. The Morgan fingerprint density at radius 1 is 0.917 bits per heavy atom. The van der Waals surface area contributed by atoms with Crippen molar-refractivity contribution < 1.29 is 28.5 Å². The second-order valence-corrected chi connectivity index (χ2v) is 9.96. The summed E-state index contributed by atoms with van der Waals surface area (Å²) in [5.41, 5.74) is 3.06. The van der Waals surface area contributed by atoms with Crippen LogP contribution in [0.5, 0.6) is 23.0 Å². The smallest absolute Gasteiger partial charge is 0.306 e. The molecule has 0 fully saturated rings. The van der Waals surface area contributed by atoms with E-state index in [4.69, 9.17) is 23.7 Å². The first-order chi connectivity index (χ1) is 16.6. The van der Waals surface area contributed by atoms with Gasteiger partial charge in [-0.3, -0.25) is 9.69 Å². The van der Waals surface area contributed by atoms with E-state index in [1.54, 1.807) is 28.4 Å². The molecular formula is C28H40INO6. The normalized spacial score (nSPS) is 17.4. The molecule has 0 amide bonds. The van der Waals surface area contributed by atoms with Crippen LogP contribution in [0.15, 0.2) is 30.3 Å². The van der Waals surface area contributed by atoms with Crippen molar-refractivity contribution in [3.8, 4) is 23.0 Å². The molecule has 1 aliphatic heterocycles. The van der Waals surface area contributed by atoms with Crippen molar-refractivity contribution in [1.29, 1.82) is 0 Å². The molecule has 2 aromatic rings. The van der Waals surface area contributed by atoms with E-state index in [0.717, 1.165) is 18.4 Å². The van der Waals surface area contributed by atoms with Crippen molar-refractivity contribution in [3.63, 3.8) is 0 Å². The van der Waals surface area contributed by atoms with Gasteiger partial charge in [0.2, 0.25) is 0 Å². The predicted molar refractivity (Wildman–Crippen MR) is 151 cm³/mol. The lowest BCUT2D eigenvalue weighted by Crippen LogP contribution is -2.42. The Bertz CT molecular complexity index is 1040. The van der Waals surface area contributed by atoms with Crippen LogP contribution in [0.2, 0.25) is 0 Å². The molecule has 0 saturated carbocycles. The molecule has 8 heteroatoms. The number of rotatable bonds is 9. The summed E-state index contributed by atoms with van der Waals surface area (Å²) in [5, 5.41) is 0. The maximum absolute atomic E-state index is 12.4. The summed E-state index contributed by atoms with van der Waals surface area (Å²) in [6.07, 6.45) is 2.67. The first-order valence-corrected chi connectivity index (χ1v) is 12.0. The molecule has 0 saturated heterocycles. The molecule has 1 aliphatic rings. The maximum atomic E-state index is 12.4. The van der Waals surface area contributed by atoms with E-state index in [9.17, 15) is 4.79 Å². The molecule has 200 valence electrons. The van der Waals surface area contributed by atoms with Gasteiger partial charge < -0.3 is 23.7 Å². The molecule has 0 N–H and O–H groups in total. The standard InChI is InChI=1S/C28H39NO6.HI/c1-28(2,3)35-27(30)12-10-20-15-19-16-25(33-7)26(34-8)17-21(19)22(29(20)4)13-18-9-11-23(31-5)24(14-18)32-6;/h9,11,14,16-17,20,22H,10,12-13,15H2,1-8H3;1H/t20-,22-;/m1./s1. The van der Waals surface area contributed by atoms with E-state index >= 15 is 0 Å². The fraction of sp³-hybridized carbons (Fsp3) is 0.536. The van der Waals surface area contributed by atoms with Crippen molar-refractivity contribution in [3.05, 3.63) is 47.0 Å². The summed E-state index contributed by atoms with van der Waals surface area (Å²) >= 11 is 0. The first-order valence-electron chi connectivity index (χ1n) is 12.0. The lowest BCUT2D eigenvalue weighted by Gasteiger charge is -2.41. The number of carbonyl (C=O) groups excluding carboxylic acids is 1. The molecule has 36 heavy (non-hydrogen) atoms. The van der Waals surface area contributed by atoms with Gasteiger partial charge in [0.1, 0.15) is 5.60 Å². The molecule has 0 bridgehead atoms. The van der Waals surface area contributed by atoms with Gasteiger partial charge in [0, 0.05) is 18.5 Å². The van der Waals surface area contributed by atoms with Gasteiger partial charge in [-0.05, 0) is 88.0 Å². The van der Waals surface area contributed by atoms with E-state index in [1.807, 2.05) is 32.9 Å². The number of esters is 1. The second kappa shape index (κ2) is 12.9. The van der Waals surface area contributed by atoms with Gasteiger partial charge in [0.15, 0.2) is 23.0 Å². The van der Waals surface area contributed by atoms with Gasteiger partial charge in [-0.15, -0.1) is 24.0 Å². The summed E-state index contributed by atoms with van der Waals surface area (Å²) in [7, 11) is 8.72. The Labute approximate surface area is 232 Å². The maximum Gasteiger partial charge on any atom is 0.306 e. The van der Waals surface area contributed by atoms with Crippen LogP contribution in [0, 0.1) is 0 Å². The molecule has 0 radical (unpaired) electrons. The number of hydrogen-bond donors (Lipinski definition) is 0. The van der Waals surface area contributed by atoms with Gasteiger partial charge in [0.25, 0.3) is 0 Å². The number of methoxy groups -OCH3 is 4. The first kappa shape index (κ1) is 30.0. The summed E-state index contributed by atoms with van der Waals surface area (Å²) in [6.45, 7) is 5.69. The van der Waals surface area contributed by atoms with Crippen molar-refractivity contribution in [2.24, 2.45) is 0 Å². The summed E-state index contributed by atoms with van der Waals surface area (Å²) in [4.78, 5) is 14.8. The minimum Gasteiger partial charge on any atom is -0.493 e. The minimum absolute atomic E-state index is 0. The lowest BCUT2D eigenvalue weighted by molar-refractivity contribution is -0.155. The van der Waals surface area contributed by atoms with Gasteiger partial charge in [-0.1, -0.05) is 6.07 Å². The number of ether oxygens (including phenoxy) is 5. The topological polar surface area (TPSA) is 66.5 Å². The molecule has 3 rings (SSSR count). The molecule has 0 spiro atoms. The SMILES string of the molecule is COc1ccc(C[C@@H]2c3cc(OC)c(OC)cc3C[C@@H](CCC(=O)OC(C)(C)C)N2C)cc1OC.I. The monoisotopic (exact) mass is 613 g/mol. The van der Waals surface area contributed by atoms with Gasteiger partial charge in [-0.25, -0.2) is 0 Å². The van der Waals surface area contributed by atoms with E-state index in [0.29, 0.717) is 35.8 Å². The predicted octanol–water partition coefficient (Wildman–Crippen LogP) is 5.60. The van der Waals surface area contributed by atoms with E-state index in [-0.39, 0.29) is 42.0 Å². The zero-order valence-corrected chi connectivity index (χ0v) is 25.0. The highest BCUT2D eigenvalue weighted by Gasteiger charge is 2.34. The molecule has 2 aromatic carbocycles. The Morgan fingerprint density at radius 3 is 2.08 bits per heavy atom. The number of nitrogens with zero attached hydrogens (tertiary/aromatic N) is 1. The number of benzene rings is 2. The van der Waals surface area contributed by atoms with Gasteiger partial charge >= 0.3 is 5.97 Å². The minimum atomic E-state index is -0.484. The van der Waals surface area contributed by atoms with E-state index in [2.05, 4.69) is 30.1 Å². The third-order valence-electron chi connectivity index (χ3n) is 6.51. The van der Waals surface area contributed by atoms with Crippen LogP contribution in [0.3, 0.4) is 0 Å². The Balaban J connectivity index is 0.00000456. The largest absolute Gasteiger partial charge is 0.493 e. The highest BCUT2D eigenvalue weighted by Crippen LogP contribution is 2.42. The number of carbonyl (C=O) groups is 1. The van der Waals surface area contributed by atoms with E-state index in [1.165, 1.54) is 11.1 Å². The molecule has 0 aromatic heterocycles. The van der Waals surface area contributed by atoms with Crippen molar-refractivity contribution in [1.82, 2.24) is 4.90 Å². The average Bonchev–Trinajstić information content (AvgIpc) is 2.82. The van der Waals surface area contributed by atoms with Crippen LogP contribution in [0.25, 0.3) is 0 Å². The molecule has 0 aliphatic carbocycles. The van der Waals surface area contributed by atoms with Gasteiger partial charge in [0.05, 0.1) is 28.4 Å². The molecule has 2 atom stereocenters.